The van der Waals surface area contributed by atoms with E-state index in [1.807, 2.05) is 11.4 Å². The minimum Gasteiger partial charge on any atom is -0.310 e. The highest BCUT2D eigenvalue weighted by molar-refractivity contribution is 7.91. The van der Waals surface area contributed by atoms with Crippen LogP contribution in [0.5, 0.6) is 0 Å². The van der Waals surface area contributed by atoms with Crippen molar-refractivity contribution in [1.29, 1.82) is 0 Å². The van der Waals surface area contributed by atoms with E-state index < -0.39 is 10.0 Å². The molecule has 1 aromatic heterocycles. The molecule has 2 aliphatic rings. The fraction of sp³-hybridized carbons (Fsp3) is 0.733. The molecule has 0 saturated heterocycles. The van der Waals surface area contributed by atoms with Gasteiger partial charge in [-0.1, -0.05) is 19.8 Å². The maximum Gasteiger partial charge on any atom is 0.250 e. The normalized spacial score (nSPS) is 26.9. The fourth-order valence-electron chi connectivity index (χ4n) is 2.96. The third-order valence-electron chi connectivity index (χ3n) is 4.32. The molecule has 118 valence electrons. The van der Waals surface area contributed by atoms with Crippen LogP contribution >= 0.6 is 11.3 Å². The first-order chi connectivity index (χ1) is 10.0. The summed E-state index contributed by atoms with van der Waals surface area (Å²) < 4.78 is 28.2. The van der Waals surface area contributed by atoms with E-state index in [1.165, 1.54) is 30.6 Å². The van der Waals surface area contributed by atoms with Gasteiger partial charge in [0.2, 0.25) is 10.0 Å². The molecule has 0 radical (unpaired) electrons. The molecule has 1 heterocycles. The summed E-state index contributed by atoms with van der Waals surface area (Å²) in [6, 6.07) is 2.56. The molecule has 3 rings (SSSR count). The van der Waals surface area contributed by atoms with Gasteiger partial charge in [-0.15, -0.1) is 11.3 Å². The van der Waals surface area contributed by atoms with Crippen LogP contribution in [0.15, 0.2) is 15.7 Å². The van der Waals surface area contributed by atoms with Gasteiger partial charge in [0.05, 0.1) is 0 Å². The largest absolute Gasteiger partial charge is 0.310 e. The standard InChI is InChI=1S/C15H24N2O2S2/c1-11-3-2-4-14(7-11)17-21(18,19)15-8-12(10-20-15)9-16-13-5-6-13/h8,10-11,13-14,16-17H,2-7,9H2,1H3. The van der Waals surface area contributed by atoms with Gasteiger partial charge in [-0.05, 0) is 48.6 Å². The molecular weight excluding hydrogens is 304 g/mol. The lowest BCUT2D eigenvalue weighted by Crippen LogP contribution is -2.37. The van der Waals surface area contributed by atoms with E-state index in [0.29, 0.717) is 16.2 Å². The first-order valence-electron chi connectivity index (χ1n) is 7.86. The Morgan fingerprint density at radius 1 is 1.24 bits per heavy atom. The van der Waals surface area contributed by atoms with Gasteiger partial charge >= 0.3 is 0 Å². The van der Waals surface area contributed by atoms with Crippen molar-refractivity contribution in [1.82, 2.24) is 10.0 Å². The molecule has 4 nitrogen and oxygen atoms in total. The average molecular weight is 329 g/mol. The molecule has 0 bridgehead atoms. The number of rotatable bonds is 6. The second kappa shape index (κ2) is 6.36. The minimum absolute atomic E-state index is 0.105. The molecule has 2 saturated carbocycles. The lowest BCUT2D eigenvalue weighted by atomic mass is 9.88. The Hall–Kier alpha value is -0.430. The summed E-state index contributed by atoms with van der Waals surface area (Å²) in [6.07, 6.45) is 6.75. The summed E-state index contributed by atoms with van der Waals surface area (Å²) in [5, 5.41) is 5.37. The second-order valence-corrected chi connectivity index (χ2v) is 9.37. The zero-order chi connectivity index (χ0) is 14.9. The van der Waals surface area contributed by atoms with Gasteiger partial charge in [0.1, 0.15) is 4.21 Å². The van der Waals surface area contributed by atoms with E-state index >= 15 is 0 Å². The molecule has 2 unspecified atom stereocenters. The number of sulfonamides is 1. The number of nitrogens with one attached hydrogen (secondary N) is 2. The van der Waals surface area contributed by atoms with Gasteiger partial charge in [0.25, 0.3) is 0 Å². The summed E-state index contributed by atoms with van der Waals surface area (Å²) in [5.41, 5.74) is 1.07. The van der Waals surface area contributed by atoms with Gasteiger partial charge in [0, 0.05) is 18.6 Å². The van der Waals surface area contributed by atoms with E-state index in [-0.39, 0.29) is 6.04 Å². The van der Waals surface area contributed by atoms with Crippen LogP contribution in [0.2, 0.25) is 0 Å². The molecule has 2 fully saturated rings. The van der Waals surface area contributed by atoms with Crippen LogP contribution in [0.1, 0.15) is 51.0 Å². The molecule has 2 aliphatic carbocycles. The van der Waals surface area contributed by atoms with Crippen molar-refractivity contribution in [3.63, 3.8) is 0 Å². The van der Waals surface area contributed by atoms with E-state index in [4.69, 9.17) is 0 Å². The number of hydrogen-bond acceptors (Lipinski definition) is 4. The quantitative estimate of drug-likeness (QED) is 0.844. The Balaban J connectivity index is 1.60. The summed E-state index contributed by atoms with van der Waals surface area (Å²) in [7, 11) is -3.34. The Kier molecular flexibility index (Phi) is 4.69. The van der Waals surface area contributed by atoms with Gasteiger partial charge in [-0.25, -0.2) is 13.1 Å². The molecule has 21 heavy (non-hydrogen) atoms. The molecular formula is C15H24N2O2S2. The molecule has 0 aliphatic heterocycles. The Bertz CT molecular complexity index is 578. The molecule has 2 atom stereocenters. The van der Waals surface area contributed by atoms with Crippen molar-refractivity contribution in [2.45, 2.75) is 68.3 Å². The predicted molar refractivity (Wildman–Crippen MR) is 85.9 cm³/mol. The topological polar surface area (TPSA) is 58.2 Å². The first kappa shape index (κ1) is 15.5. The summed E-state index contributed by atoms with van der Waals surface area (Å²) >= 11 is 1.33. The third kappa shape index (κ3) is 4.28. The van der Waals surface area contributed by atoms with E-state index in [0.717, 1.165) is 31.4 Å². The SMILES string of the molecule is CC1CCCC(NS(=O)(=O)c2cc(CNC3CC3)cs2)C1. The van der Waals surface area contributed by atoms with Crippen LogP contribution in [0.3, 0.4) is 0 Å². The monoisotopic (exact) mass is 328 g/mol. The highest BCUT2D eigenvalue weighted by Crippen LogP contribution is 2.27. The van der Waals surface area contributed by atoms with Gasteiger partial charge in [-0.3, -0.25) is 0 Å². The Labute approximate surface area is 131 Å². The van der Waals surface area contributed by atoms with Crippen LogP contribution in [0, 0.1) is 5.92 Å². The van der Waals surface area contributed by atoms with Crippen molar-refractivity contribution in [2.75, 3.05) is 0 Å². The molecule has 0 amide bonds. The highest BCUT2D eigenvalue weighted by Gasteiger charge is 2.26. The predicted octanol–water partition coefficient (Wildman–Crippen LogP) is 2.86. The molecule has 6 heteroatoms. The summed E-state index contributed by atoms with van der Waals surface area (Å²) in [5.74, 6) is 0.619. The fourth-order valence-corrected chi connectivity index (χ4v) is 5.46. The molecule has 0 aromatic carbocycles. The lowest BCUT2D eigenvalue weighted by Gasteiger charge is -2.26. The van der Waals surface area contributed by atoms with E-state index in [1.54, 1.807) is 0 Å². The van der Waals surface area contributed by atoms with Crippen LogP contribution in [0.4, 0.5) is 0 Å². The molecule has 2 N–H and O–H groups in total. The second-order valence-electron chi connectivity index (χ2n) is 6.52. The van der Waals surface area contributed by atoms with E-state index in [9.17, 15) is 8.42 Å². The zero-order valence-corrected chi connectivity index (χ0v) is 14.1. The van der Waals surface area contributed by atoms with Crippen molar-refractivity contribution in [3.8, 4) is 0 Å². The van der Waals surface area contributed by atoms with Crippen molar-refractivity contribution < 1.29 is 8.42 Å². The van der Waals surface area contributed by atoms with Gasteiger partial charge in [0.15, 0.2) is 0 Å². The third-order valence-corrected chi connectivity index (χ3v) is 7.33. The number of thiophene rings is 1. The van der Waals surface area contributed by atoms with Crippen molar-refractivity contribution in [2.24, 2.45) is 5.92 Å². The maximum atomic E-state index is 12.4. The van der Waals surface area contributed by atoms with E-state index in [2.05, 4.69) is 17.0 Å². The van der Waals surface area contributed by atoms with Crippen LogP contribution in [0.25, 0.3) is 0 Å². The van der Waals surface area contributed by atoms with Gasteiger partial charge < -0.3 is 5.32 Å². The minimum atomic E-state index is -3.34. The summed E-state index contributed by atoms with van der Waals surface area (Å²) in [6.45, 7) is 2.98. The summed E-state index contributed by atoms with van der Waals surface area (Å²) in [4.78, 5) is 0. The zero-order valence-electron chi connectivity index (χ0n) is 12.5. The number of hydrogen-bond donors (Lipinski definition) is 2. The Morgan fingerprint density at radius 3 is 2.76 bits per heavy atom. The molecule has 1 aromatic rings. The Morgan fingerprint density at radius 2 is 2.05 bits per heavy atom. The van der Waals surface area contributed by atoms with Crippen molar-refractivity contribution in [3.05, 3.63) is 17.0 Å². The van der Waals surface area contributed by atoms with Crippen molar-refractivity contribution >= 4 is 21.4 Å². The van der Waals surface area contributed by atoms with Crippen LogP contribution < -0.4 is 10.0 Å². The van der Waals surface area contributed by atoms with Crippen LogP contribution in [-0.2, 0) is 16.6 Å². The smallest absolute Gasteiger partial charge is 0.250 e. The highest BCUT2D eigenvalue weighted by atomic mass is 32.2. The average Bonchev–Trinajstić information content (AvgIpc) is 3.12. The maximum absolute atomic E-state index is 12.4. The van der Waals surface area contributed by atoms with Gasteiger partial charge in [-0.2, -0.15) is 0 Å². The molecule has 0 spiro atoms. The lowest BCUT2D eigenvalue weighted by molar-refractivity contribution is 0.327. The first-order valence-corrected chi connectivity index (χ1v) is 10.2. The van der Waals surface area contributed by atoms with Crippen LogP contribution in [-0.4, -0.2) is 20.5 Å².